The van der Waals surface area contributed by atoms with E-state index in [0.29, 0.717) is 40.3 Å². The Bertz CT molecular complexity index is 907. The van der Waals surface area contributed by atoms with E-state index >= 15 is 0 Å². The molecule has 0 radical (unpaired) electrons. The number of rotatable bonds is 4. The summed E-state index contributed by atoms with van der Waals surface area (Å²) in [6.07, 6.45) is 0.606. The van der Waals surface area contributed by atoms with Gasteiger partial charge in [-0.05, 0) is 36.8 Å². The largest absolute Gasteiger partial charge is 0.274 e. The Balaban J connectivity index is 2.28. The van der Waals surface area contributed by atoms with Gasteiger partial charge in [0.25, 0.3) is 5.56 Å². The molecule has 0 bridgehead atoms. The number of halogens is 3. The van der Waals surface area contributed by atoms with Crippen molar-refractivity contribution < 1.29 is 4.39 Å². The van der Waals surface area contributed by atoms with Gasteiger partial charge in [-0.15, -0.1) is 11.6 Å². The second-order valence-corrected chi connectivity index (χ2v) is 5.93. The predicted molar refractivity (Wildman–Crippen MR) is 91.7 cm³/mol. The summed E-state index contributed by atoms with van der Waals surface area (Å²) in [7, 11) is 0. The minimum Gasteiger partial charge on any atom is -0.267 e. The molecule has 1 heterocycles. The first kappa shape index (κ1) is 16.0. The smallest absolute Gasteiger partial charge is 0.267 e. The topological polar surface area (TPSA) is 34.9 Å². The van der Waals surface area contributed by atoms with Crippen LogP contribution in [0.25, 0.3) is 22.0 Å². The van der Waals surface area contributed by atoms with Gasteiger partial charge in [-0.1, -0.05) is 23.7 Å². The number of aromatic nitrogens is 2. The molecule has 118 valence electrons. The highest BCUT2D eigenvalue weighted by atomic mass is 35.5. The van der Waals surface area contributed by atoms with E-state index in [4.69, 9.17) is 23.2 Å². The standard InChI is InChI=1S/C17H13Cl2FN2O/c18-8-1-9-22-17(23)15-10-13(20)6-7-14(15)16(21-22)11-2-4-12(19)5-3-11/h2-7,10H,1,8-9H2. The zero-order valence-electron chi connectivity index (χ0n) is 12.1. The minimum atomic E-state index is -0.452. The fraction of sp³-hybridized carbons (Fsp3) is 0.176. The molecule has 2 aromatic carbocycles. The van der Waals surface area contributed by atoms with Crippen LogP contribution in [0.5, 0.6) is 0 Å². The summed E-state index contributed by atoms with van der Waals surface area (Å²) in [6.45, 7) is 0.384. The van der Waals surface area contributed by atoms with Gasteiger partial charge in [-0.2, -0.15) is 5.10 Å². The van der Waals surface area contributed by atoms with Crippen LogP contribution in [-0.4, -0.2) is 15.7 Å². The second-order valence-electron chi connectivity index (χ2n) is 5.12. The van der Waals surface area contributed by atoms with Gasteiger partial charge in [0.05, 0.1) is 11.1 Å². The maximum Gasteiger partial charge on any atom is 0.274 e. The molecule has 0 saturated heterocycles. The van der Waals surface area contributed by atoms with Gasteiger partial charge in [-0.3, -0.25) is 4.79 Å². The van der Waals surface area contributed by atoms with E-state index in [0.717, 1.165) is 5.56 Å². The van der Waals surface area contributed by atoms with Crippen molar-refractivity contribution in [1.29, 1.82) is 0 Å². The molecular weight excluding hydrogens is 338 g/mol. The molecule has 0 fully saturated rings. The summed E-state index contributed by atoms with van der Waals surface area (Å²) in [5, 5.41) is 5.98. The lowest BCUT2D eigenvalue weighted by molar-refractivity contribution is 0.577. The van der Waals surface area contributed by atoms with Crippen LogP contribution in [0.15, 0.2) is 47.3 Å². The van der Waals surface area contributed by atoms with E-state index in [1.165, 1.54) is 16.8 Å². The molecular formula is C17H13Cl2FN2O. The van der Waals surface area contributed by atoms with Crippen molar-refractivity contribution in [2.45, 2.75) is 13.0 Å². The molecule has 0 aliphatic rings. The lowest BCUT2D eigenvalue weighted by Crippen LogP contribution is -2.24. The van der Waals surface area contributed by atoms with Crippen molar-refractivity contribution in [3.63, 3.8) is 0 Å². The van der Waals surface area contributed by atoms with Crippen molar-refractivity contribution >= 4 is 34.0 Å². The van der Waals surface area contributed by atoms with Crippen molar-refractivity contribution in [2.75, 3.05) is 5.88 Å². The molecule has 23 heavy (non-hydrogen) atoms. The predicted octanol–water partition coefficient (Wildman–Crippen LogP) is 4.48. The summed E-state index contributed by atoms with van der Waals surface area (Å²) < 4.78 is 14.9. The van der Waals surface area contributed by atoms with Crippen molar-refractivity contribution in [3.05, 3.63) is 63.7 Å². The summed E-state index contributed by atoms with van der Waals surface area (Å²) >= 11 is 11.6. The van der Waals surface area contributed by atoms with Crippen LogP contribution in [-0.2, 0) is 6.54 Å². The second kappa shape index (κ2) is 6.69. The Morgan fingerprint density at radius 3 is 2.52 bits per heavy atom. The Kier molecular flexibility index (Phi) is 4.64. The van der Waals surface area contributed by atoms with Gasteiger partial charge in [0, 0.05) is 28.4 Å². The maximum atomic E-state index is 13.6. The molecule has 0 unspecified atom stereocenters. The Labute approximate surface area is 142 Å². The fourth-order valence-electron chi connectivity index (χ4n) is 2.44. The van der Waals surface area contributed by atoms with E-state index in [2.05, 4.69) is 5.10 Å². The zero-order chi connectivity index (χ0) is 16.4. The molecule has 0 amide bonds. The Morgan fingerprint density at radius 1 is 1.09 bits per heavy atom. The molecule has 3 rings (SSSR count). The van der Waals surface area contributed by atoms with Crippen LogP contribution in [0.4, 0.5) is 4.39 Å². The Hall–Kier alpha value is -1.91. The monoisotopic (exact) mass is 350 g/mol. The van der Waals surface area contributed by atoms with Gasteiger partial charge in [0.1, 0.15) is 5.82 Å². The third kappa shape index (κ3) is 3.23. The molecule has 0 saturated carbocycles. The summed E-state index contributed by atoms with van der Waals surface area (Å²) in [6, 6.07) is 11.3. The van der Waals surface area contributed by atoms with Crippen LogP contribution < -0.4 is 5.56 Å². The first-order valence-corrected chi connectivity index (χ1v) is 8.03. The normalized spacial score (nSPS) is 11.1. The number of aryl methyl sites for hydroxylation is 1. The number of alkyl halides is 1. The third-order valence-corrected chi connectivity index (χ3v) is 4.06. The van der Waals surface area contributed by atoms with E-state index in [1.54, 1.807) is 18.2 Å². The quantitative estimate of drug-likeness (QED) is 0.650. The minimum absolute atomic E-state index is 0.305. The molecule has 3 aromatic rings. The van der Waals surface area contributed by atoms with Gasteiger partial charge >= 0.3 is 0 Å². The van der Waals surface area contributed by atoms with Gasteiger partial charge in [0.15, 0.2) is 0 Å². The van der Waals surface area contributed by atoms with E-state index in [-0.39, 0.29) is 5.56 Å². The van der Waals surface area contributed by atoms with E-state index in [1.807, 2.05) is 12.1 Å². The van der Waals surface area contributed by atoms with Crippen LogP contribution in [0.3, 0.4) is 0 Å². The van der Waals surface area contributed by atoms with Gasteiger partial charge in [0.2, 0.25) is 0 Å². The van der Waals surface area contributed by atoms with Crippen LogP contribution in [0.2, 0.25) is 5.02 Å². The maximum absolute atomic E-state index is 13.6. The average molecular weight is 351 g/mol. The molecule has 3 nitrogen and oxygen atoms in total. The SMILES string of the molecule is O=c1c2cc(F)ccc2c(-c2ccc(Cl)cc2)nn1CCCCl. The van der Waals surface area contributed by atoms with E-state index < -0.39 is 5.82 Å². The van der Waals surface area contributed by atoms with Gasteiger partial charge in [-0.25, -0.2) is 9.07 Å². The molecule has 1 aromatic heterocycles. The Morgan fingerprint density at radius 2 is 1.83 bits per heavy atom. The highest BCUT2D eigenvalue weighted by Crippen LogP contribution is 2.26. The summed E-state index contributed by atoms with van der Waals surface area (Å²) in [5.74, 6) is -0.0299. The van der Waals surface area contributed by atoms with Crippen LogP contribution >= 0.6 is 23.2 Å². The van der Waals surface area contributed by atoms with Crippen molar-refractivity contribution in [2.24, 2.45) is 0 Å². The van der Waals surface area contributed by atoms with Crippen LogP contribution in [0.1, 0.15) is 6.42 Å². The van der Waals surface area contributed by atoms with Crippen LogP contribution in [0, 0.1) is 5.82 Å². The highest BCUT2D eigenvalue weighted by Gasteiger charge is 2.13. The van der Waals surface area contributed by atoms with Gasteiger partial charge < -0.3 is 0 Å². The highest BCUT2D eigenvalue weighted by molar-refractivity contribution is 6.30. The molecule has 6 heteroatoms. The number of hydrogen-bond acceptors (Lipinski definition) is 2. The first-order chi connectivity index (χ1) is 11.1. The number of benzene rings is 2. The summed E-state index contributed by atoms with van der Waals surface area (Å²) in [4.78, 5) is 12.5. The molecule has 0 aliphatic carbocycles. The van der Waals surface area contributed by atoms with Crippen molar-refractivity contribution in [1.82, 2.24) is 9.78 Å². The summed E-state index contributed by atoms with van der Waals surface area (Å²) in [5.41, 5.74) is 1.11. The fourth-order valence-corrected chi connectivity index (χ4v) is 2.69. The number of nitrogens with zero attached hydrogens (tertiary/aromatic N) is 2. The van der Waals surface area contributed by atoms with E-state index in [9.17, 15) is 9.18 Å². The lowest BCUT2D eigenvalue weighted by atomic mass is 10.0. The number of hydrogen-bond donors (Lipinski definition) is 0. The molecule has 0 atom stereocenters. The third-order valence-electron chi connectivity index (χ3n) is 3.54. The first-order valence-electron chi connectivity index (χ1n) is 7.12. The lowest BCUT2D eigenvalue weighted by Gasteiger charge is -2.11. The zero-order valence-corrected chi connectivity index (χ0v) is 13.6. The molecule has 0 N–H and O–H groups in total. The van der Waals surface area contributed by atoms with Crippen molar-refractivity contribution in [3.8, 4) is 11.3 Å². The average Bonchev–Trinajstić information content (AvgIpc) is 2.55. The number of fused-ring (bicyclic) bond motifs is 1. The molecule has 0 aliphatic heterocycles. The molecule has 0 spiro atoms.